The fourth-order valence-corrected chi connectivity index (χ4v) is 1.44. The van der Waals surface area contributed by atoms with Gasteiger partial charge in [0.15, 0.2) is 5.82 Å². The number of carboxylic acids is 1. The quantitative estimate of drug-likeness (QED) is 0.805. The van der Waals surface area contributed by atoms with E-state index in [0.29, 0.717) is 6.07 Å². The van der Waals surface area contributed by atoms with Crippen molar-refractivity contribution < 1.29 is 27.5 Å². The van der Waals surface area contributed by atoms with Crippen molar-refractivity contribution >= 4 is 21.9 Å². The Bertz CT molecular complexity index is 414. The third-order valence-electron chi connectivity index (χ3n) is 1.61. The van der Waals surface area contributed by atoms with Crippen molar-refractivity contribution in [2.45, 2.75) is 6.18 Å². The summed E-state index contributed by atoms with van der Waals surface area (Å²) >= 11 is 2.66. The van der Waals surface area contributed by atoms with E-state index in [1.165, 1.54) is 0 Å². The van der Waals surface area contributed by atoms with E-state index in [1.54, 1.807) is 0 Å². The summed E-state index contributed by atoms with van der Waals surface area (Å²) in [5.41, 5.74) is -2.62. The smallest absolute Gasteiger partial charge is 0.419 e. The molecule has 0 aliphatic rings. The van der Waals surface area contributed by atoms with E-state index in [4.69, 9.17) is 5.11 Å². The monoisotopic (exact) mass is 286 g/mol. The Kier molecular flexibility index (Phi) is 3.03. The van der Waals surface area contributed by atoms with Crippen molar-refractivity contribution in [3.63, 3.8) is 0 Å². The lowest BCUT2D eigenvalue weighted by Crippen LogP contribution is -2.12. The molecule has 1 aromatic carbocycles. The molecule has 0 atom stereocenters. The van der Waals surface area contributed by atoms with E-state index in [-0.39, 0.29) is 4.47 Å². The topological polar surface area (TPSA) is 37.3 Å². The Morgan fingerprint density at radius 1 is 1.33 bits per heavy atom. The second kappa shape index (κ2) is 3.80. The summed E-state index contributed by atoms with van der Waals surface area (Å²) in [6.45, 7) is 0. The summed E-state index contributed by atoms with van der Waals surface area (Å²) in [4.78, 5) is 10.5. The highest BCUT2D eigenvalue weighted by molar-refractivity contribution is 9.10. The lowest BCUT2D eigenvalue weighted by atomic mass is 10.1. The summed E-state index contributed by atoms with van der Waals surface area (Å²) in [5, 5.41) is 8.50. The molecule has 2 nitrogen and oxygen atoms in total. The minimum Gasteiger partial charge on any atom is -0.478 e. The highest BCUT2D eigenvalue weighted by Crippen LogP contribution is 2.34. The summed E-state index contributed by atoms with van der Waals surface area (Å²) in [5.74, 6) is -3.55. The highest BCUT2D eigenvalue weighted by atomic mass is 79.9. The van der Waals surface area contributed by atoms with Gasteiger partial charge in [-0.3, -0.25) is 0 Å². The van der Waals surface area contributed by atoms with Gasteiger partial charge in [-0.2, -0.15) is 13.2 Å². The molecule has 0 heterocycles. The van der Waals surface area contributed by atoms with Crippen LogP contribution in [0.25, 0.3) is 0 Å². The first-order valence-corrected chi connectivity index (χ1v) is 4.33. The maximum atomic E-state index is 13.1. The average Bonchev–Trinajstić information content (AvgIpc) is 2.00. The van der Waals surface area contributed by atoms with Crippen LogP contribution in [0.1, 0.15) is 15.9 Å². The van der Waals surface area contributed by atoms with Crippen LogP contribution < -0.4 is 0 Å². The van der Waals surface area contributed by atoms with Gasteiger partial charge in [-0.25, -0.2) is 9.18 Å². The standard InChI is InChI=1S/C8H3BrF4O2/c9-4-2-1-3(8(11,12)13)6(10)5(4)7(14)15/h1-2H,(H,14,15). The highest BCUT2D eigenvalue weighted by Gasteiger charge is 2.36. The van der Waals surface area contributed by atoms with Crippen LogP contribution in [-0.2, 0) is 6.18 Å². The molecule has 0 fully saturated rings. The average molecular weight is 287 g/mol. The molecule has 15 heavy (non-hydrogen) atoms. The molecule has 0 spiro atoms. The van der Waals surface area contributed by atoms with Crippen LogP contribution in [0.15, 0.2) is 16.6 Å². The van der Waals surface area contributed by atoms with Crippen LogP contribution in [-0.4, -0.2) is 11.1 Å². The van der Waals surface area contributed by atoms with Gasteiger partial charge in [0.05, 0.1) is 5.56 Å². The molecule has 82 valence electrons. The summed E-state index contributed by atoms with van der Waals surface area (Å²) in [6, 6.07) is 1.32. The zero-order chi connectivity index (χ0) is 11.8. The van der Waals surface area contributed by atoms with E-state index in [2.05, 4.69) is 15.9 Å². The van der Waals surface area contributed by atoms with Crippen LogP contribution >= 0.6 is 15.9 Å². The first-order chi connectivity index (χ1) is 6.75. The van der Waals surface area contributed by atoms with Gasteiger partial charge < -0.3 is 5.11 Å². The van der Waals surface area contributed by atoms with E-state index in [9.17, 15) is 22.4 Å². The fraction of sp³-hybridized carbons (Fsp3) is 0.125. The Morgan fingerprint density at radius 2 is 1.87 bits per heavy atom. The first kappa shape index (κ1) is 12.0. The van der Waals surface area contributed by atoms with Crippen molar-refractivity contribution in [2.24, 2.45) is 0 Å². The molecule has 0 amide bonds. The molecule has 0 aliphatic heterocycles. The van der Waals surface area contributed by atoms with Crippen LogP contribution in [0, 0.1) is 5.82 Å². The number of carbonyl (C=O) groups is 1. The van der Waals surface area contributed by atoms with Gasteiger partial charge in [-0.1, -0.05) is 0 Å². The molecular weight excluding hydrogens is 284 g/mol. The largest absolute Gasteiger partial charge is 0.478 e. The zero-order valence-electron chi connectivity index (χ0n) is 6.90. The number of alkyl halides is 3. The van der Waals surface area contributed by atoms with Crippen molar-refractivity contribution in [1.82, 2.24) is 0 Å². The Morgan fingerprint density at radius 3 is 2.27 bits per heavy atom. The zero-order valence-corrected chi connectivity index (χ0v) is 8.49. The Hall–Kier alpha value is -1.11. The molecular formula is C8H3BrF4O2. The maximum Gasteiger partial charge on any atom is 0.419 e. The molecule has 0 saturated carbocycles. The van der Waals surface area contributed by atoms with E-state index in [1.807, 2.05) is 0 Å². The van der Waals surface area contributed by atoms with Gasteiger partial charge in [0, 0.05) is 4.47 Å². The maximum absolute atomic E-state index is 13.1. The van der Waals surface area contributed by atoms with Crippen molar-refractivity contribution in [3.05, 3.63) is 33.5 Å². The van der Waals surface area contributed by atoms with Crippen molar-refractivity contribution in [2.75, 3.05) is 0 Å². The van der Waals surface area contributed by atoms with Crippen molar-refractivity contribution in [3.8, 4) is 0 Å². The third kappa shape index (κ3) is 2.28. The molecule has 0 aromatic heterocycles. The van der Waals surface area contributed by atoms with Gasteiger partial charge in [0.25, 0.3) is 0 Å². The number of hydrogen-bond donors (Lipinski definition) is 1. The number of halogens is 5. The number of aromatic carboxylic acids is 1. The minimum absolute atomic E-state index is 0.236. The molecule has 0 radical (unpaired) electrons. The number of rotatable bonds is 1. The second-order valence-electron chi connectivity index (χ2n) is 2.59. The molecule has 1 N–H and O–H groups in total. The molecule has 7 heteroatoms. The van der Waals surface area contributed by atoms with Crippen LogP contribution in [0.5, 0.6) is 0 Å². The van der Waals surface area contributed by atoms with E-state index >= 15 is 0 Å². The minimum atomic E-state index is -4.91. The van der Waals surface area contributed by atoms with Crippen LogP contribution in [0.2, 0.25) is 0 Å². The number of hydrogen-bond acceptors (Lipinski definition) is 1. The van der Waals surface area contributed by atoms with Crippen LogP contribution in [0.3, 0.4) is 0 Å². The Balaban J connectivity index is 3.49. The summed E-state index contributed by atoms with van der Waals surface area (Å²) in [6.07, 6.45) is -4.91. The SMILES string of the molecule is O=C(O)c1c(Br)ccc(C(F)(F)F)c1F. The van der Waals surface area contributed by atoms with Crippen LogP contribution in [0.4, 0.5) is 17.6 Å². The number of benzene rings is 1. The van der Waals surface area contributed by atoms with Gasteiger partial charge in [-0.15, -0.1) is 0 Å². The van der Waals surface area contributed by atoms with E-state index < -0.39 is 29.1 Å². The summed E-state index contributed by atoms with van der Waals surface area (Å²) < 4.78 is 49.4. The predicted molar refractivity (Wildman–Crippen MR) is 46.1 cm³/mol. The predicted octanol–water partition coefficient (Wildman–Crippen LogP) is 3.31. The molecule has 0 saturated heterocycles. The van der Waals surface area contributed by atoms with Crippen molar-refractivity contribution in [1.29, 1.82) is 0 Å². The summed E-state index contributed by atoms with van der Waals surface area (Å²) in [7, 11) is 0. The third-order valence-corrected chi connectivity index (χ3v) is 2.27. The van der Waals surface area contributed by atoms with Gasteiger partial charge in [-0.05, 0) is 28.1 Å². The van der Waals surface area contributed by atoms with E-state index in [0.717, 1.165) is 6.07 Å². The number of carboxylic acid groups (broad SMARTS) is 1. The lowest BCUT2D eigenvalue weighted by Gasteiger charge is -2.10. The van der Waals surface area contributed by atoms with Gasteiger partial charge in [0.1, 0.15) is 5.56 Å². The molecule has 1 aromatic rings. The first-order valence-electron chi connectivity index (χ1n) is 3.53. The molecule has 1 rings (SSSR count). The lowest BCUT2D eigenvalue weighted by molar-refractivity contribution is -0.140. The normalized spacial score (nSPS) is 11.5. The second-order valence-corrected chi connectivity index (χ2v) is 3.44. The molecule has 0 unspecified atom stereocenters. The Labute approximate surface area is 89.6 Å². The molecule has 0 aliphatic carbocycles. The fourth-order valence-electron chi connectivity index (χ4n) is 0.967. The van der Waals surface area contributed by atoms with Gasteiger partial charge in [0.2, 0.25) is 0 Å². The van der Waals surface area contributed by atoms with Gasteiger partial charge >= 0.3 is 12.1 Å². The molecule has 0 bridgehead atoms.